The number of aliphatic hydroxyl groups excluding tert-OH is 1. The van der Waals surface area contributed by atoms with Crippen molar-refractivity contribution >= 4 is 9.84 Å². The lowest BCUT2D eigenvalue weighted by molar-refractivity contribution is 0.299. The summed E-state index contributed by atoms with van der Waals surface area (Å²) < 4.78 is 27.2. The van der Waals surface area contributed by atoms with Gasteiger partial charge in [-0.15, -0.1) is 0 Å². The van der Waals surface area contributed by atoms with Crippen molar-refractivity contribution in [3.63, 3.8) is 0 Å². The Morgan fingerprint density at radius 2 is 1.72 bits per heavy atom. The van der Waals surface area contributed by atoms with Gasteiger partial charge in [0.1, 0.15) is 0 Å². The van der Waals surface area contributed by atoms with E-state index in [2.05, 4.69) is 5.10 Å². The predicted molar refractivity (Wildman–Crippen MR) is 96.4 cm³/mol. The van der Waals surface area contributed by atoms with Crippen molar-refractivity contribution in [1.29, 1.82) is 0 Å². The zero-order chi connectivity index (χ0) is 17.9. The Bertz CT molecular complexity index is 946. The molecule has 0 fully saturated rings. The Labute approximate surface area is 147 Å². The van der Waals surface area contributed by atoms with E-state index in [9.17, 15) is 8.42 Å². The Hall–Kier alpha value is -2.44. The van der Waals surface area contributed by atoms with Gasteiger partial charge in [0.15, 0.2) is 9.84 Å². The summed E-state index contributed by atoms with van der Waals surface area (Å²) in [5.74, 6) is -0.123. The molecule has 0 radical (unpaired) electrons. The molecule has 1 heterocycles. The molecule has 25 heavy (non-hydrogen) atoms. The van der Waals surface area contributed by atoms with Gasteiger partial charge in [-0.1, -0.05) is 30.3 Å². The van der Waals surface area contributed by atoms with Gasteiger partial charge in [0.2, 0.25) is 0 Å². The van der Waals surface area contributed by atoms with E-state index in [0.717, 1.165) is 16.9 Å². The second-order valence-electron chi connectivity index (χ2n) is 5.90. The summed E-state index contributed by atoms with van der Waals surface area (Å²) >= 11 is 0. The Morgan fingerprint density at radius 3 is 2.36 bits per heavy atom. The third-order valence-electron chi connectivity index (χ3n) is 3.93. The van der Waals surface area contributed by atoms with E-state index in [1.165, 1.54) is 0 Å². The van der Waals surface area contributed by atoms with Crippen LogP contribution in [0.25, 0.3) is 5.69 Å². The Balaban J connectivity index is 1.91. The molecule has 0 saturated carbocycles. The molecule has 5 nitrogen and oxygen atoms in total. The van der Waals surface area contributed by atoms with Crippen LogP contribution in [-0.4, -0.2) is 29.9 Å². The molecule has 3 rings (SSSR count). The van der Waals surface area contributed by atoms with E-state index in [0.29, 0.717) is 12.1 Å². The molecule has 0 bridgehead atoms. The molecule has 0 spiro atoms. The van der Waals surface area contributed by atoms with E-state index < -0.39 is 9.84 Å². The van der Waals surface area contributed by atoms with Crippen LogP contribution in [0.1, 0.15) is 17.0 Å². The van der Waals surface area contributed by atoms with Crippen LogP contribution in [0.15, 0.2) is 65.6 Å². The van der Waals surface area contributed by atoms with Crippen molar-refractivity contribution in [2.45, 2.75) is 24.0 Å². The minimum Gasteiger partial charge on any atom is -0.396 e. The van der Waals surface area contributed by atoms with E-state index in [4.69, 9.17) is 5.11 Å². The van der Waals surface area contributed by atoms with E-state index in [1.807, 2.05) is 37.3 Å². The van der Waals surface area contributed by atoms with Crippen LogP contribution < -0.4 is 0 Å². The lowest BCUT2D eigenvalue weighted by Gasteiger charge is -2.09. The fourth-order valence-electron chi connectivity index (χ4n) is 2.72. The van der Waals surface area contributed by atoms with Crippen molar-refractivity contribution < 1.29 is 13.5 Å². The zero-order valence-corrected chi connectivity index (χ0v) is 14.8. The standard InChI is InChI=1S/C19H20N2O3S/c1-15-13-18(21(20-15)17-5-3-2-4-6-17)14-25(23,24)19-9-7-16(8-10-19)11-12-22/h2-10,13,22H,11-12,14H2,1H3. The Morgan fingerprint density at radius 1 is 1.04 bits per heavy atom. The van der Waals surface area contributed by atoms with Crippen LogP contribution in [0.4, 0.5) is 0 Å². The second-order valence-corrected chi connectivity index (χ2v) is 7.89. The number of hydrogen-bond donors (Lipinski definition) is 1. The lowest BCUT2D eigenvalue weighted by atomic mass is 10.2. The van der Waals surface area contributed by atoms with Gasteiger partial charge in [-0.3, -0.25) is 0 Å². The summed E-state index contributed by atoms with van der Waals surface area (Å²) in [4.78, 5) is 0.271. The van der Waals surface area contributed by atoms with Crippen molar-refractivity contribution in [1.82, 2.24) is 9.78 Å². The van der Waals surface area contributed by atoms with Crippen molar-refractivity contribution in [2.75, 3.05) is 6.61 Å². The summed E-state index contributed by atoms with van der Waals surface area (Å²) in [6.07, 6.45) is 0.514. The van der Waals surface area contributed by atoms with Gasteiger partial charge in [-0.05, 0) is 49.2 Å². The quantitative estimate of drug-likeness (QED) is 0.737. The number of aryl methyl sites for hydroxylation is 1. The molecule has 0 aliphatic heterocycles. The van der Waals surface area contributed by atoms with Gasteiger partial charge in [-0.2, -0.15) is 5.10 Å². The molecule has 0 atom stereocenters. The van der Waals surface area contributed by atoms with Crippen molar-refractivity contribution in [3.8, 4) is 5.69 Å². The first-order valence-electron chi connectivity index (χ1n) is 8.03. The number of nitrogens with zero attached hydrogens (tertiary/aromatic N) is 2. The number of para-hydroxylation sites is 1. The first-order chi connectivity index (χ1) is 12.0. The van der Waals surface area contributed by atoms with Crippen LogP contribution in [0.5, 0.6) is 0 Å². The fraction of sp³-hybridized carbons (Fsp3) is 0.211. The monoisotopic (exact) mass is 356 g/mol. The second kappa shape index (κ2) is 7.21. The molecular formula is C19H20N2O3S. The number of rotatable bonds is 6. The third-order valence-corrected chi connectivity index (χ3v) is 5.59. The highest BCUT2D eigenvalue weighted by atomic mass is 32.2. The number of aromatic nitrogens is 2. The minimum absolute atomic E-state index is 0.0433. The average Bonchev–Trinajstić information content (AvgIpc) is 2.96. The average molecular weight is 356 g/mol. The third kappa shape index (κ3) is 3.97. The van der Waals surface area contributed by atoms with E-state index >= 15 is 0 Å². The highest BCUT2D eigenvalue weighted by Crippen LogP contribution is 2.20. The molecule has 0 amide bonds. The van der Waals surface area contributed by atoms with Crippen molar-refractivity contribution in [3.05, 3.63) is 77.6 Å². The molecule has 0 aliphatic rings. The highest BCUT2D eigenvalue weighted by molar-refractivity contribution is 7.90. The van der Waals surface area contributed by atoms with Crippen molar-refractivity contribution in [2.24, 2.45) is 0 Å². The number of aliphatic hydroxyl groups is 1. The first kappa shape index (κ1) is 17.4. The summed E-state index contributed by atoms with van der Waals surface area (Å²) in [5.41, 5.74) is 3.14. The molecule has 1 aromatic heterocycles. The first-order valence-corrected chi connectivity index (χ1v) is 9.68. The minimum atomic E-state index is -3.49. The van der Waals surface area contributed by atoms with Crippen LogP contribution in [0.3, 0.4) is 0 Å². The number of benzene rings is 2. The predicted octanol–water partition coefficient (Wildman–Crippen LogP) is 2.69. The number of hydrogen-bond acceptors (Lipinski definition) is 4. The molecule has 1 N–H and O–H groups in total. The number of sulfone groups is 1. The summed E-state index contributed by atoms with van der Waals surface area (Å²) in [7, 11) is -3.49. The maximum Gasteiger partial charge on any atom is 0.184 e. The molecule has 2 aromatic carbocycles. The summed E-state index contributed by atoms with van der Waals surface area (Å²) in [6, 6.07) is 17.9. The summed E-state index contributed by atoms with van der Waals surface area (Å²) in [6.45, 7) is 1.89. The van der Waals surface area contributed by atoms with Crippen LogP contribution in [-0.2, 0) is 22.0 Å². The maximum absolute atomic E-state index is 12.8. The highest BCUT2D eigenvalue weighted by Gasteiger charge is 2.19. The zero-order valence-electron chi connectivity index (χ0n) is 14.0. The van der Waals surface area contributed by atoms with E-state index in [-0.39, 0.29) is 17.3 Å². The Kier molecular flexibility index (Phi) is 5.01. The normalized spacial score (nSPS) is 11.6. The van der Waals surface area contributed by atoms with Crippen LogP contribution in [0.2, 0.25) is 0 Å². The molecule has 130 valence electrons. The fourth-order valence-corrected chi connectivity index (χ4v) is 4.03. The van der Waals surface area contributed by atoms with E-state index in [1.54, 1.807) is 35.0 Å². The topological polar surface area (TPSA) is 72.2 Å². The maximum atomic E-state index is 12.8. The molecular weight excluding hydrogens is 336 g/mol. The summed E-state index contributed by atoms with van der Waals surface area (Å²) in [5, 5.41) is 13.4. The van der Waals surface area contributed by atoms with Gasteiger partial charge < -0.3 is 5.11 Å². The van der Waals surface area contributed by atoms with Crippen LogP contribution in [0, 0.1) is 6.92 Å². The molecule has 0 unspecified atom stereocenters. The van der Waals surface area contributed by atoms with Gasteiger partial charge in [0.25, 0.3) is 0 Å². The van der Waals surface area contributed by atoms with Gasteiger partial charge in [-0.25, -0.2) is 13.1 Å². The largest absolute Gasteiger partial charge is 0.396 e. The molecule has 3 aromatic rings. The van der Waals surface area contributed by atoms with Gasteiger partial charge in [0.05, 0.1) is 27.7 Å². The van der Waals surface area contributed by atoms with Gasteiger partial charge >= 0.3 is 0 Å². The molecule has 0 saturated heterocycles. The molecule has 6 heteroatoms. The lowest BCUT2D eigenvalue weighted by Crippen LogP contribution is -2.10. The van der Waals surface area contributed by atoms with Crippen LogP contribution >= 0.6 is 0 Å². The smallest absolute Gasteiger partial charge is 0.184 e. The SMILES string of the molecule is Cc1cc(CS(=O)(=O)c2ccc(CCO)cc2)n(-c2ccccc2)n1. The molecule has 0 aliphatic carbocycles. The van der Waals surface area contributed by atoms with Gasteiger partial charge in [0, 0.05) is 6.61 Å².